The van der Waals surface area contributed by atoms with E-state index in [0.717, 1.165) is 51.3 Å². The van der Waals surface area contributed by atoms with Crippen LogP contribution in [0.2, 0.25) is 0 Å². The fourth-order valence-electron chi connectivity index (χ4n) is 4.35. The fraction of sp³-hybridized carbons (Fsp3) is 0.857. The van der Waals surface area contributed by atoms with Crippen molar-refractivity contribution in [3.05, 3.63) is 0 Å². The van der Waals surface area contributed by atoms with Crippen molar-refractivity contribution in [1.82, 2.24) is 20.4 Å². The van der Waals surface area contributed by atoms with Gasteiger partial charge in [-0.2, -0.15) is 0 Å². The van der Waals surface area contributed by atoms with Gasteiger partial charge in [0.05, 0.1) is 6.54 Å². The molecule has 164 valence electrons. The fourth-order valence-corrected chi connectivity index (χ4v) is 4.35. The van der Waals surface area contributed by atoms with Crippen LogP contribution in [0.15, 0.2) is 4.99 Å². The van der Waals surface area contributed by atoms with Crippen LogP contribution in [0.3, 0.4) is 0 Å². The first-order valence-corrected chi connectivity index (χ1v) is 11.4. The summed E-state index contributed by atoms with van der Waals surface area (Å²) in [5.74, 6) is 1.06. The Kier molecular flexibility index (Phi) is 8.58. The Hall–Kier alpha value is -1.83. The van der Waals surface area contributed by atoms with Gasteiger partial charge in [-0.3, -0.25) is 14.6 Å². The largest absolute Gasteiger partial charge is 0.368 e. The molecule has 0 aromatic heterocycles. The third-order valence-electron chi connectivity index (χ3n) is 6.00. The van der Waals surface area contributed by atoms with Crippen LogP contribution in [0.4, 0.5) is 0 Å². The van der Waals surface area contributed by atoms with Crippen LogP contribution in [-0.4, -0.2) is 85.6 Å². The van der Waals surface area contributed by atoms with E-state index in [4.69, 9.17) is 4.74 Å². The maximum atomic E-state index is 12.5. The SMILES string of the molecule is CCNC(=NCCC(=O)NC1CCCCC1)N1CCN(C(=O)C2CCCO2)CC1. The van der Waals surface area contributed by atoms with Gasteiger partial charge in [-0.05, 0) is 32.6 Å². The van der Waals surface area contributed by atoms with Gasteiger partial charge in [0.2, 0.25) is 5.91 Å². The van der Waals surface area contributed by atoms with E-state index in [1.54, 1.807) is 0 Å². The second kappa shape index (κ2) is 11.4. The number of ether oxygens (including phenoxy) is 1. The highest BCUT2D eigenvalue weighted by Gasteiger charge is 2.30. The van der Waals surface area contributed by atoms with Gasteiger partial charge in [0.1, 0.15) is 6.10 Å². The molecule has 0 aromatic carbocycles. The van der Waals surface area contributed by atoms with Crippen LogP contribution in [0, 0.1) is 0 Å². The van der Waals surface area contributed by atoms with Crippen molar-refractivity contribution >= 4 is 17.8 Å². The molecule has 3 fully saturated rings. The second-order valence-corrected chi connectivity index (χ2v) is 8.20. The summed E-state index contributed by atoms with van der Waals surface area (Å²) >= 11 is 0. The van der Waals surface area contributed by atoms with Crippen LogP contribution in [0.25, 0.3) is 0 Å². The summed E-state index contributed by atoms with van der Waals surface area (Å²) in [6, 6.07) is 0.350. The Balaban J connectivity index is 1.42. The molecule has 0 aromatic rings. The van der Waals surface area contributed by atoms with Gasteiger partial charge in [0.15, 0.2) is 5.96 Å². The first kappa shape index (κ1) is 21.9. The number of amides is 2. The Labute approximate surface area is 174 Å². The third-order valence-corrected chi connectivity index (χ3v) is 6.00. The average molecular weight is 408 g/mol. The predicted octanol–water partition coefficient (Wildman–Crippen LogP) is 1.11. The van der Waals surface area contributed by atoms with Crippen molar-refractivity contribution in [3.63, 3.8) is 0 Å². The van der Waals surface area contributed by atoms with E-state index >= 15 is 0 Å². The van der Waals surface area contributed by atoms with Gasteiger partial charge in [-0.15, -0.1) is 0 Å². The number of aliphatic imine (C=N–C) groups is 1. The number of hydrogen-bond acceptors (Lipinski definition) is 4. The number of nitrogens with one attached hydrogen (secondary N) is 2. The van der Waals surface area contributed by atoms with E-state index in [9.17, 15) is 9.59 Å². The van der Waals surface area contributed by atoms with E-state index in [0.29, 0.717) is 38.7 Å². The molecule has 2 saturated heterocycles. The molecular weight excluding hydrogens is 370 g/mol. The highest BCUT2D eigenvalue weighted by Crippen LogP contribution is 2.18. The summed E-state index contributed by atoms with van der Waals surface area (Å²) in [4.78, 5) is 33.5. The molecule has 2 amide bonds. The van der Waals surface area contributed by atoms with Gasteiger partial charge in [-0.25, -0.2) is 0 Å². The van der Waals surface area contributed by atoms with E-state index in [1.807, 2.05) is 11.8 Å². The Morgan fingerprint density at radius 3 is 2.38 bits per heavy atom. The normalized spacial score (nSPS) is 23.9. The Morgan fingerprint density at radius 1 is 1.00 bits per heavy atom. The summed E-state index contributed by atoms with van der Waals surface area (Å²) in [6.45, 7) is 6.87. The Bertz CT molecular complexity index is 563. The lowest BCUT2D eigenvalue weighted by Crippen LogP contribution is -2.55. The molecule has 2 aliphatic heterocycles. The van der Waals surface area contributed by atoms with Crippen molar-refractivity contribution < 1.29 is 14.3 Å². The topological polar surface area (TPSA) is 86.3 Å². The molecule has 0 radical (unpaired) electrons. The number of rotatable bonds is 6. The molecule has 1 unspecified atom stereocenters. The van der Waals surface area contributed by atoms with Crippen molar-refractivity contribution in [1.29, 1.82) is 0 Å². The van der Waals surface area contributed by atoms with Crippen LogP contribution in [0.1, 0.15) is 58.3 Å². The zero-order valence-corrected chi connectivity index (χ0v) is 17.8. The van der Waals surface area contributed by atoms with Crippen molar-refractivity contribution in [3.8, 4) is 0 Å². The third kappa shape index (κ3) is 6.59. The molecule has 2 N–H and O–H groups in total. The minimum Gasteiger partial charge on any atom is -0.368 e. The summed E-state index contributed by atoms with van der Waals surface area (Å²) in [5.41, 5.74) is 0. The number of nitrogens with zero attached hydrogens (tertiary/aromatic N) is 3. The maximum absolute atomic E-state index is 12.5. The molecule has 1 atom stereocenters. The highest BCUT2D eigenvalue weighted by atomic mass is 16.5. The van der Waals surface area contributed by atoms with E-state index < -0.39 is 0 Å². The summed E-state index contributed by atoms with van der Waals surface area (Å²) < 4.78 is 5.53. The molecule has 3 rings (SSSR count). The first-order chi connectivity index (χ1) is 14.2. The number of guanidine groups is 1. The van der Waals surface area contributed by atoms with E-state index in [1.165, 1.54) is 19.3 Å². The molecule has 2 heterocycles. The van der Waals surface area contributed by atoms with Crippen LogP contribution in [0.5, 0.6) is 0 Å². The monoisotopic (exact) mass is 407 g/mol. The number of hydrogen-bond donors (Lipinski definition) is 2. The first-order valence-electron chi connectivity index (χ1n) is 11.4. The highest BCUT2D eigenvalue weighted by molar-refractivity contribution is 5.83. The zero-order valence-electron chi connectivity index (χ0n) is 17.8. The number of piperazine rings is 1. The maximum Gasteiger partial charge on any atom is 0.251 e. The van der Waals surface area contributed by atoms with Crippen LogP contribution < -0.4 is 10.6 Å². The number of carbonyl (C=O) groups is 2. The van der Waals surface area contributed by atoms with Gasteiger partial charge >= 0.3 is 0 Å². The molecule has 1 saturated carbocycles. The lowest BCUT2D eigenvalue weighted by Gasteiger charge is -2.37. The molecule has 8 heteroatoms. The van der Waals surface area contributed by atoms with Crippen LogP contribution >= 0.6 is 0 Å². The molecule has 0 bridgehead atoms. The minimum atomic E-state index is -0.244. The molecule has 0 spiro atoms. The van der Waals surface area contributed by atoms with Crippen LogP contribution in [-0.2, 0) is 14.3 Å². The lowest BCUT2D eigenvalue weighted by molar-refractivity contribution is -0.142. The number of carbonyl (C=O) groups excluding carboxylic acids is 2. The molecule has 1 aliphatic carbocycles. The Morgan fingerprint density at radius 2 is 1.72 bits per heavy atom. The van der Waals surface area contributed by atoms with Crippen molar-refractivity contribution in [2.24, 2.45) is 4.99 Å². The molecule has 29 heavy (non-hydrogen) atoms. The van der Waals surface area contributed by atoms with Gasteiger partial charge in [0.25, 0.3) is 5.91 Å². The molecule has 8 nitrogen and oxygen atoms in total. The standard InChI is InChI=1S/C21H37N5O3/c1-2-22-21(23-11-10-19(27)24-17-7-4-3-5-8-17)26-14-12-25(13-15-26)20(28)18-9-6-16-29-18/h17-18H,2-16H2,1H3,(H,22,23)(H,24,27). The van der Waals surface area contributed by atoms with Crippen molar-refractivity contribution in [2.75, 3.05) is 45.9 Å². The predicted molar refractivity (Wildman–Crippen MR) is 113 cm³/mol. The molecule has 3 aliphatic rings. The summed E-state index contributed by atoms with van der Waals surface area (Å²) in [7, 11) is 0. The van der Waals surface area contributed by atoms with E-state index in [2.05, 4.69) is 20.5 Å². The quantitative estimate of drug-likeness (QED) is 0.509. The lowest BCUT2D eigenvalue weighted by atomic mass is 9.95. The van der Waals surface area contributed by atoms with Crippen molar-refractivity contribution in [2.45, 2.75) is 70.4 Å². The second-order valence-electron chi connectivity index (χ2n) is 8.20. The van der Waals surface area contributed by atoms with Gasteiger partial charge in [-0.1, -0.05) is 19.3 Å². The molecular formula is C21H37N5O3. The average Bonchev–Trinajstić information content (AvgIpc) is 3.28. The minimum absolute atomic E-state index is 0.100. The van der Waals surface area contributed by atoms with Gasteiger partial charge < -0.3 is 25.2 Å². The smallest absolute Gasteiger partial charge is 0.251 e. The zero-order chi connectivity index (χ0) is 20.5. The van der Waals surface area contributed by atoms with Gasteiger partial charge in [0, 0.05) is 51.8 Å². The summed E-state index contributed by atoms with van der Waals surface area (Å²) in [6.07, 6.45) is 7.92. The van der Waals surface area contributed by atoms with E-state index in [-0.39, 0.29) is 17.9 Å². The summed E-state index contributed by atoms with van der Waals surface area (Å²) in [5, 5.41) is 6.47.